The summed E-state index contributed by atoms with van der Waals surface area (Å²) in [7, 11) is 3.33. The number of likely N-dealkylation sites (N-methyl/N-ethyl adjacent to an activating group) is 1. The van der Waals surface area contributed by atoms with Gasteiger partial charge in [-0.3, -0.25) is 14.1 Å². The lowest BCUT2D eigenvalue weighted by Crippen LogP contribution is -2.43. The van der Waals surface area contributed by atoms with Crippen LogP contribution in [0.25, 0.3) is 16.9 Å². The first kappa shape index (κ1) is 37.3. The normalized spacial score (nSPS) is 13.1. The molecule has 0 aliphatic carbocycles. The van der Waals surface area contributed by atoms with E-state index in [9.17, 15) is 9.59 Å². The van der Waals surface area contributed by atoms with Gasteiger partial charge in [0.2, 0.25) is 5.88 Å². The van der Waals surface area contributed by atoms with Gasteiger partial charge < -0.3 is 28.4 Å². The molecule has 3 aromatic heterocycles. The van der Waals surface area contributed by atoms with Crippen LogP contribution in [0.2, 0.25) is 0 Å². The van der Waals surface area contributed by atoms with Crippen LogP contribution < -0.4 is 9.47 Å². The lowest BCUT2D eigenvalue weighted by Gasteiger charge is -2.29. The number of hydrogen-bond donors (Lipinski definition) is 0. The van der Waals surface area contributed by atoms with Crippen molar-refractivity contribution in [1.29, 1.82) is 0 Å². The Balaban J connectivity index is 1.21. The third-order valence-electron chi connectivity index (χ3n) is 9.74. The SMILES string of the molecule is COc1ccc(C(=O)N(C)CCN(CCCN2CCOCC2)C(=O)Oc2c(Cc3ccco3)nc3c(Cc4ccccc4)nc(-c4ccccc4)cn23)cc1. The maximum Gasteiger partial charge on any atom is 0.416 e. The van der Waals surface area contributed by atoms with E-state index in [1.54, 1.807) is 54.5 Å². The Morgan fingerprint density at radius 3 is 2.27 bits per heavy atom. The van der Waals surface area contributed by atoms with Gasteiger partial charge in [-0.1, -0.05) is 60.7 Å². The van der Waals surface area contributed by atoms with E-state index in [-0.39, 0.29) is 12.5 Å². The van der Waals surface area contributed by atoms with Gasteiger partial charge in [-0.25, -0.2) is 14.8 Å². The topological polar surface area (TPSA) is 115 Å². The average Bonchev–Trinajstić information content (AvgIpc) is 3.87. The summed E-state index contributed by atoms with van der Waals surface area (Å²) in [6.45, 7) is 4.90. The predicted octanol–water partition coefficient (Wildman–Crippen LogP) is 6.47. The molecule has 0 bridgehead atoms. The molecule has 1 aliphatic rings. The number of furan rings is 1. The van der Waals surface area contributed by atoms with Crippen LogP contribution in [0.4, 0.5) is 4.79 Å². The summed E-state index contributed by atoms with van der Waals surface area (Å²) in [6.07, 6.45) is 4.52. The van der Waals surface area contributed by atoms with Gasteiger partial charge in [0.05, 0.1) is 44.4 Å². The van der Waals surface area contributed by atoms with E-state index in [1.807, 2.05) is 71.3 Å². The molecule has 3 aromatic carbocycles. The average molecular weight is 743 g/mol. The van der Waals surface area contributed by atoms with E-state index in [0.29, 0.717) is 73.4 Å². The molecule has 1 aliphatic heterocycles. The van der Waals surface area contributed by atoms with Crippen LogP contribution in [-0.4, -0.2) is 108 Å². The molecule has 2 amide bonds. The maximum absolute atomic E-state index is 14.4. The van der Waals surface area contributed by atoms with Crippen LogP contribution in [-0.2, 0) is 17.6 Å². The van der Waals surface area contributed by atoms with Crippen LogP contribution >= 0.6 is 0 Å². The number of nitrogens with zero attached hydrogens (tertiary/aromatic N) is 6. The van der Waals surface area contributed by atoms with Crippen molar-refractivity contribution in [2.45, 2.75) is 19.3 Å². The molecule has 55 heavy (non-hydrogen) atoms. The number of benzene rings is 3. The first-order valence-corrected chi connectivity index (χ1v) is 18.6. The Labute approximate surface area is 320 Å². The van der Waals surface area contributed by atoms with Gasteiger partial charge in [0.25, 0.3) is 5.91 Å². The van der Waals surface area contributed by atoms with Crippen molar-refractivity contribution >= 4 is 17.6 Å². The van der Waals surface area contributed by atoms with Gasteiger partial charge in [0, 0.05) is 70.1 Å². The highest BCUT2D eigenvalue weighted by Crippen LogP contribution is 2.30. The van der Waals surface area contributed by atoms with Crippen LogP contribution in [0.3, 0.4) is 0 Å². The Morgan fingerprint density at radius 2 is 1.56 bits per heavy atom. The Kier molecular flexibility index (Phi) is 12.2. The number of carbonyl (C=O) groups is 2. The second-order valence-electron chi connectivity index (χ2n) is 13.5. The van der Waals surface area contributed by atoms with Gasteiger partial charge in [-0.15, -0.1) is 0 Å². The smallest absolute Gasteiger partial charge is 0.416 e. The fourth-order valence-electron chi connectivity index (χ4n) is 6.67. The number of amides is 2. The maximum atomic E-state index is 14.4. The summed E-state index contributed by atoms with van der Waals surface area (Å²) in [5.74, 6) is 1.50. The second kappa shape index (κ2) is 17.9. The minimum absolute atomic E-state index is 0.154. The molecule has 0 unspecified atom stereocenters. The van der Waals surface area contributed by atoms with Crippen molar-refractivity contribution in [3.05, 3.63) is 138 Å². The molecule has 12 heteroatoms. The molecule has 4 heterocycles. The number of aromatic nitrogens is 3. The van der Waals surface area contributed by atoms with Crippen molar-refractivity contribution in [1.82, 2.24) is 29.1 Å². The van der Waals surface area contributed by atoms with E-state index < -0.39 is 6.09 Å². The van der Waals surface area contributed by atoms with E-state index in [0.717, 1.165) is 48.6 Å². The zero-order valence-electron chi connectivity index (χ0n) is 31.3. The Bertz CT molecular complexity index is 2150. The van der Waals surface area contributed by atoms with Crippen molar-refractivity contribution in [2.75, 3.05) is 66.6 Å². The Hall–Kier alpha value is -5.98. The first-order chi connectivity index (χ1) is 26.9. The highest BCUT2D eigenvalue weighted by molar-refractivity contribution is 5.94. The highest BCUT2D eigenvalue weighted by Gasteiger charge is 2.26. The van der Waals surface area contributed by atoms with Gasteiger partial charge in [0.15, 0.2) is 5.65 Å². The number of morpholine rings is 1. The molecule has 1 fully saturated rings. The van der Waals surface area contributed by atoms with E-state index >= 15 is 0 Å². The molecule has 1 saturated heterocycles. The fourth-order valence-corrected chi connectivity index (χ4v) is 6.67. The van der Waals surface area contributed by atoms with E-state index in [4.69, 9.17) is 28.6 Å². The minimum atomic E-state index is -0.530. The third-order valence-corrected chi connectivity index (χ3v) is 9.74. The van der Waals surface area contributed by atoms with E-state index in [1.165, 1.54) is 0 Å². The van der Waals surface area contributed by atoms with Crippen LogP contribution in [0, 0.1) is 0 Å². The summed E-state index contributed by atoms with van der Waals surface area (Å²) < 4.78 is 24.8. The molecule has 0 N–H and O–H groups in total. The number of carbonyl (C=O) groups excluding carboxylic acids is 2. The van der Waals surface area contributed by atoms with E-state index in [2.05, 4.69) is 17.0 Å². The molecular weight excluding hydrogens is 697 g/mol. The molecule has 0 radical (unpaired) electrons. The summed E-state index contributed by atoms with van der Waals surface area (Å²) >= 11 is 0. The number of imidazole rings is 1. The van der Waals surface area contributed by atoms with Crippen molar-refractivity contribution in [2.24, 2.45) is 0 Å². The number of hydrogen-bond acceptors (Lipinski definition) is 9. The molecule has 0 atom stereocenters. The lowest BCUT2D eigenvalue weighted by molar-refractivity contribution is 0.0361. The van der Waals surface area contributed by atoms with Gasteiger partial charge in [-0.05, 0) is 48.4 Å². The van der Waals surface area contributed by atoms with Crippen molar-refractivity contribution in [3.8, 4) is 22.9 Å². The summed E-state index contributed by atoms with van der Waals surface area (Å²) in [6, 6.07) is 30.7. The number of fused-ring (bicyclic) bond motifs is 1. The van der Waals surface area contributed by atoms with Gasteiger partial charge in [0.1, 0.15) is 17.2 Å². The summed E-state index contributed by atoms with van der Waals surface area (Å²) in [5, 5.41) is 0. The predicted molar refractivity (Wildman–Crippen MR) is 209 cm³/mol. The first-order valence-electron chi connectivity index (χ1n) is 18.6. The van der Waals surface area contributed by atoms with Crippen LogP contribution in [0.15, 0.2) is 114 Å². The Morgan fingerprint density at radius 1 is 0.818 bits per heavy atom. The minimum Gasteiger partial charge on any atom is -0.497 e. The number of ether oxygens (including phenoxy) is 3. The molecule has 6 aromatic rings. The molecule has 0 spiro atoms. The second-order valence-corrected chi connectivity index (χ2v) is 13.5. The lowest BCUT2D eigenvalue weighted by atomic mass is 10.1. The molecule has 284 valence electrons. The van der Waals surface area contributed by atoms with Gasteiger partial charge in [-0.2, -0.15) is 0 Å². The summed E-state index contributed by atoms with van der Waals surface area (Å²) in [5.41, 5.74) is 5.15. The molecular formula is C43H46N6O6. The monoisotopic (exact) mass is 742 g/mol. The number of methoxy groups -OCH3 is 1. The highest BCUT2D eigenvalue weighted by atomic mass is 16.6. The third kappa shape index (κ3) is 9.40. The van der Waals surface area contributed by atoms with Crippen LogP contribution in [0.1, 0.15) is 39.5 Å². The van der Waals surface area contributed by atoms with Gasteiger partial charge >= 0.3 is 6.09 Å². The molecule has 0 saturated carbocycles. The molecule has 12 nitrogen and oxygen atoms in total. The quantitative estimate of drug-likeness (QED) is 0.117. The largest absolute Gasteiger partial charge is 0.497 e. The van der Waals surface area contributed by atoms with Crippen molar-refractivity contribution in [3.63, 3.8) is 0 Å². The summed E-state index contributed by atoms with van der Waals surface area (Å²) in [4.78, 5) is 43.6. The standard InChI is InChI=1S/C43H46N6O6/c1-46(41(50)34-16-18-35(52-2)19-17-34)22-23-48(21-10-20-47-24-27-53-28-25-47)43(51)55-42-38(30-36-15-9-26-54-36)45-40-37(29-32-11-5-3-6-12-32)44-39(31-49(40)42)33-13-7-4-8-14-33/h3-9,11-19,26,31H,10,20-25,27-30H2,1-2H3. The zero-order chi connectivity index (χ0) is 38.0. The van der Waals surface area contributed by atoms with Crippen LogP contribution in [0.5, 0.6) is 11.6 Å². The fraction of sp³-hybridized carbons (Fsp3) is 0.302. The number of rotatable bonds is 15. The zero-order valence-corrected chi connectivity index (χ0v) is 31.3. The molecule has 7 rings (SSSR count). The van der Waals surface area contributed by atoms with Crippen molar-refractivity contribution < 1.29 is 28.2 Å².